The van der Waals surface area contributed by atoms with Crippen molar-refractivity contribution in [2.24, 2.45) is 0 Å². The van der Waals surface area contributed by atoms with E-state index in [-0.39, 0.29) is 11.4 Å². The summed E-state index contributed by atoms with van der Waals surface area (Å²) in [4.78, 5) is 10.2. The zero-order valence-electron chi connectivity index (χ0n) is 12.9. The third-order valence-electron chi connectivity index (χ3n) is 3.90. The highest BCUT2D eigenvalue weighted by Crippen LogP contribution is 2.26. The van der Waals surface area contributed by atoms with Gasteiger partial charge < -0.3 is 5.32 Å². The van der Waals surface area contributed by atoms with Crippen molar-refractivity contribution in [2.45, 2.75) is 12.3 Å². The number of para-hydroxylation sites is 1. The summed E-state index contributed by atoms with van der Waals surface area (Å²) in [5, 5.41) is 13.9. The van der Waals surface area contributed by atoms with Gasteiger partial charge in [-0.15, -0.1) is 0 Å². The average Bonchev–Trinajstić information content (AvgIpc) is 2.78. The largest absolute Gasteiger partial charge is 0.311 e. The minimum atomic E-state index is -3.58. The fraction of sp³-hybridized carbons (Fsp3) is 0.250. The van der Waals surface area contributed by atoms with Crippen LogP contribution >= 0.6 is 0 Å². The molecular formula is C16H17N3O4S. The standard InChI is InChI=1S/C16H17N3O4S/c20-19(21)15-7-5-13(6-8-15)12-24(22,23)18-10-9-17-11-14-3-1-2-4-16(14)18/h1-8,17H,9-12H2. The molecule has 0 saturated heterocycles. The first-order valence-electron chi connectivity index (χ1n) is 7.50. The molecule has 2 aromatic carbocycles. The summed E-state index contributed by atoms with van der Waals surface area (Å²) >= 11 is 0. The Labute approximate surface area is 140 Å². The third kappa shape index (κ3) is 3.39. The Balaban J connectivity index is 1.89. The van der Waals surface area contributed by atoms with Crippen LogP contribution in [0.25, 0.3) is 0 Å². The lowest BCUT2D eigenvalue weighted by Crippen LogP contribution is -2.35. The molecule has 1 aliphatic heterocycles. The number of hydrogen-bond acceptors (Lipinski definition) is 5. The Hall–Kier alpha value is -2.45. The summed E-state index contributed by atoms with van der Waals surface area (Å²) in [6.07, 6.45) is 0. The van der Waals surface area contributed by atoms with Gasteiger partial charge in [-0.05, 0) is 17.2 Å². The molecule has 24 heavy (non-hydrogen) atoms. The number of rotatable bonds is 4. The molecule has 0 aliphatic carbocycles. The predicted octanol–water partition coefficient (Wildman–Crippen LogP) is 2.03. The van der Waals surface area contributed by atoms with E-state index < -0.39 is 14.9 Å². The molecule has 126 valence electrons. The van der Waals surface area contributed by atoms with Crippen molar-refractivity contribution in [3.8, 4) is 0 Å². The van der Waals surface area contributed by atoms with Crippen molar-refractivity contribution in [3.63, 3.8) is 0 Å². The molecule has 0 aromatic heterocycles. The van der Waals surface area contributed by atoms with E-state index >= 15 is 0 Å². The van der Waals surface area contributed by atoms with Gasteiger partial charge in [-0.3, -0.25) is 14.4 Å². The van der Waals surface area contributed by atoms with Crippen molar-refractivity contribution in [2.75, 3.05) is 17.4 Å². The van der Waals surface area contributed by atoms with Crippen LogP contribution in [0.2, 0.25) is 0 Å². The molecule has 0 saturated carbocycles. The first kappa shape index (κ1) is 16.4. The normalized spacial score (nSPS) is 14.8. The van der Waals surface area contributed by atoms with Gasteiger partial charge in [-0.2, -0.15) is 0 Å². The molecule has 0 unspecified atom stereocenters. The van der Waals surface area contributed by atoms with Crippen LogP contribution in [0.15, 0.2) is 48.5 Å². The highest BCUT2D eigenvalue weighted by Gasteiger charge is 2.26. The quantitative estimate of drug-likeness (QED) is 0.675. The number of nitro benzene ring substituents is 1. The second kappa shape index (κ2) is 6.58. The number of sulfonamides is 1. The van der Waals surface area contributed by atoms with Gasteiger partial charge in [0.2, 0.25) is 10.0 Å². The topological polar surface area (TPSA) is 92.5 Å². The Bertz CT molecular complexity index is 850. The van der Waals surface area contributed by atoms with Gasteiger partial charge in [0, 0.05) is 31.8 Å². The minimum Gasteiger partial charge on any atom is -0.311 e. The minimum absolute atomic E-state index is 0.0551. The smallest absolute Gasteiger partial charge is 0.269 e. The second-order valence-electron chi connectivity index (χ2n) is 5.56. The highest BCUT2D eigenvalue weighted by atomic mass is 32.2. The summed E-state index contributed by atoms with van der Waals surface area (Å²) in [5.41, 5.74) is 2.09. The summed E-state index contributed by atoms with van der Waals surface area (Å²) in [6, 6.07) is 13.0. The molecule has 0 radical (unpaired) electrons. The van der Waals surface area contributed by atoms with E-state index in [4.69, 9.17) is 0 Å². The van der Waals surface area contributed by atoms with Crippen molar-refractivity contribution in [1.82, 2.24) is 5.32 Å². The van der Waals surface area contributed by atoms with E-state index in [0.29, 0.717) is 30.9 Å². The first-order chi connectivity index (χ1) is 11.5. The Morgan fingerprint density at radius 3 is 2.54 bits per heavy atom. The maximum Gasteiger partial charge on any atom is 0.269 e. The lowest BCUT2D eigenvalue weighted by atomic mass is 10.2. The number of fused-ring (bicyclic) bond motifs is 1. The molecule has 3 rings (SSSR count). The van der Waals surface area contributed by atoms with Gasteiger partial charge in [0.15, 0.2) is 0 Å². The summed E-state index contributed by atoms with van der Waals surface area (Å²) < 4.78 is 27.1. The van der Waals surface area contributed by atoms with Crippen molar-refractivity contribution in [1.29, 1.82) is 0 Å². The zero-order chi connectivity index (χ0) is 17.2. The number of nitro groups is 1. The fourth-order valence-corrected chi connectivity index (χ4v) is 4.34. The second-order valence-corrected chi connectivity index (χ2v) is 7.45. The van der Waals surface area contributed by atoms with Gasteiger partial charge in [0.25, 0.3) is 5.69 Å². The van der Waals surface area contributed by atoms with Crippen molar-refractivity contribution < 1.29 is 13.3 Å². The fourth-order valence-electron chi connectivity index (χ4n) is 2.72. The molecular weight excluding hydrogens is 330 g/mol. The van der Waals surface area contributed by atoms with E-state index in [1.54, 1.807) is 6.07 Å². The molecule has 0 amide bonds. The molecule has 1 N–H and O–H groups in total. The monoisotopic (exact) mass is 347 g/mol. The number of benzene rings is 2. The van der Waals surface area contributed by atoms with Crippen LogP contribution < -0.4 is 9.62 Å². The van der Waals surface area contributed by atoms with Gasteiger partial charge >= 0.3 is 0 Å². The molecule has 1 aliphatic rings. The number of hydrogen-bond donors (Lipinski definition) is 1. The maximum absolute atomic E-state index is 12.9. The lowest BCUT2D eigenvalue weighted by molar-refractivity contribution is -0.384. The number of non-ortho nitro benzene ring substituents is 1. The predicted molar refractivity (Wildman–Crippen MR) is 91.2 cm³/mol. The molecule has 8 heteroatoms. The lowest BCUT2D eigenvalue weighted by Gasteiger charge is -2.24. The van der Waals surface area contributed by atoms with Crippen LogP contribution in [-0.2, 0) is 22.3 Å². The Morgan fingerprint density at radius 2 is 1.83 bits per heavy atom. The van der Waals surface area contributed by atoms with Crippen molar-refractivity contribution in [3.05, 3.63) is 69.8 Å². The molecule has 0 atom stereocenters. The van der Waals surface area contributed by atoms with Gasteiger partial charge in [0.1, 0.15) is 0 Å². The van der Waals surface area contributed by atoms with Gasteiger partial charge in [-0.25, -0.2) is 8.42 Å². The van der Waals surface area contributed by atoms with E-state index in [1.165, 1.54) is 28.6 Å². The summed E-state index contributed by atoms with van der Waals surface area (Å²) in [7, 11) is -3.58. The van der Waals surface area contributed by atoms with Gasteiger partial charge in [-0.1, -0.05) is 30.3 Å². The molecule has 7 nitrogen and oxygen atoms in total. The summed E-state index contributed by atoms with van der Waals surface area (Å²) in [6.45, 7) is 1.54. The summed E-state index contributed by atoms with van der Waals surface area (Å²) in [5.74, 6) is -0.195. The molecule has 0 bridgehead atoms. The Kier molecular flexibility index (Phi) is 4.50. The number of nitrogens with zero attached hydrogens (tertiary/aromatic N) is 2. The van der Waals surface area contributed by atoms with Crippen LogP contribution in [0.4, 0.5) is 11.4 Å². The van der Waals surface area contributed by atoms with Crippen LogP contribution in [0.3, 0.4) is 0 Å². The SMILES string of the molecule is O=[N+]([O-])c1ccc(CS(=O)(=O)N2CCNCc3ccccc32)cc1. The molecule has 0 fully saturated rings. The molecule has 0 spiro atoms. The van der Waals surface area contributed by atoms with Crippen LogP contribution in [0, 0.1) is 10.1 Å². The van der Waals surface area contributed by atoms with Gasteiger partial charge in [0.05, 0.1) is 16.4 Å². The van der Waals surface area contributed by atoms with Crippen molar-refractivity contribution >= 4 is 21.4 Å². The highest BCUT2D eigenvalue weighted by molar-refractivity contribution is 7.92. The van der Waals surface area contributed by atoms with E-state index in [9.17, 15) is 18.5 Å². The first-order valence-corrected chi connectivity index (χ1v) is 9.11. The van der Waals surface area contributed by atoms with Crippen LogP contribution in [-0.4, -0.2) is 26.4 Å². The number of nitrogens with one attached hydrogen (secondary N) is 1. The molecule has 1 heterocycles. The third-order valence-corrected chi connectivity index (χ3v) is 5.65. The van der Waals surface area contributed by atoms with E-state index in [2.05, 4.69) is 5.32 Å². The van der Waals surface area contributed by atoms with E-state index in [0.717, 1.165) is 5.56 Å². The Morgan fingerprint density at radius 1 is 1.12 bits per heavy atom. The molecule has 2 aromatic rings. The average molecular weight is 347 g/mol. The zero-order valence-corrected chi connectivity index (χ0v) is 13.7. The van der Waals surface area contributed by atoms with Crippen LogP contribution in [0.5, 0.6) is 0 Å². The maximum atomic E-state index is 12.9. The van der Waals surface area contributed by atoms with Crippen LogP contribution in [0.1, 0.15) is 11.1 Å². The number of anilines is 1. The van der Waals surface area contributed by atoms with E-state index in [1.807, 2.05) is 18.2 Å².